The van der Waals surface area contributed by atoms with Crippen molar-refractivity contribution >= 4 is 40.4 Å². The average molecular weight is 393 g/mol. The van der Waals surface area contributed by atoms with Crippen molar-refractivity contribution in [2.24, 2.45) is 0 Å². The molecule has 1 aliphatic heterocycles. The minimum absolute atomic E-state index is 0.137. The molecule has 138 valence electrons. The van der Waals surface area contributed by atoms with E-state index in [0.29, 0.717) is 22.0 Å². The minimum atomic E-state index is -0.490. The van der Waals surface area contributed by atoms with Crippen molar-refractivity contribution in [3.63, 3.8) is 0 Å². The molecule has 0 aliphatic carbocycles. The third kappa shape index (κ3) is 3.28. The monoisotopic (exact) mass is 392 g/mol. The third-order valence-electron chi connectivity index (χ3n) is 4.34. The Morgan fingerprint density at radius 2 is 1.43 bits per heavy atom. The Labute approximate surface area is 165 Å². The van der Waals surface area contributed by atoms with E-state index in [4.69, 9.17) is 11.6 Å². The molecule has 6 heteroatoms. The topological polar surface area (TPSA) is 49.4 Å². The lowest BCUT2D eigenvalue weighted by Crippen LogP contribution is -2.32. The van der Waals surface area contributed by atoms with Crippen molar-refractivity contribution in [3.05, 3.63) is 101 Å². The summed E-state index contributed by atoms with van der Waals surface area (Å²) in [4.78, 5) is 27.4. The van der Waals surface area contributed by atoms with Gasteiger partial charge in [-0.15, -0.1) is 0 Å². The van der Waals surface area contributed by atoms with Crippen LogP contribution >= 0.6 is 11.6 Å². The highest BCUT2D eigenvalue weighted by Gasteiger charge is 2.40. The van der Waals surface area contributed by atoms with Crippen molar-refractivity contribution in [2.45, 2.75) is 0 Å². The summed E-state index contributed by atoms with van der Waals surface area (Å²) in [6.07, 6.45) is 0. The number of benzene rings is 3. The molecule has 28 heavy (non-hydrogen) atoms. The van der Waals surface area contributed by atoms with Crippen LogP contribution in [0, 0.1) is 5.82 Å². The molecule has 0 atom stereocenters. The van der Waals surface area contributed by atoms with Gasteiger partial charge in [0.1, 0.15) is 11.5 Å². The second-order valence-electron chi connectivity index (χ2n) is 6.17. The molecule has 0 unspecified atom stereocenters. The molecule has 3 aromatic rings. The molecule has 1 N–H and O–H groups in total. The van der Waals surface area contributed by atoms with E-state index in [9.17, 15) is 14.0 Å². The Balaban J connectivity index is 1.81. The zero-order valence-corrected chi connectivity index (χ0v) is 15.3. The van der Waals surface area contributed by atoms with Crippen LogP contribution in [0.1, 0.15) is 5.56 Å². The van der Waals surface area contributed by atoms with Crippen LogP contribution in [0.2, 0.25) is 5.02 Å². The van der Waals surface area contributed by atoms with Gasteiger partial charge in [0, 0.05) is 10.7 Å². The number of carbonyl (C=O) groups excluding carboxylic acids is 2. The standard InChI is InChI=1S/C22H14ClFN2O2/c23-15-8-12-18(13-9-15)26-21(27)19(14-6-10-16(24)11-7-14)20(22(26)28)25-17-4-2-1-3-5-17/h1-13,25H. The Morgan fingerprint density at radius 3 is 2.07 bits per heavy atom. The number of halogens is 2. The van der Waals surface area contributed by atoms with Gasteiger partial charge in [-0.1, -0.05) is 41.9 Å². The molecular formula is C22H14ClFN2O2. The van der Waals surface area contributed by atoms with Gasteiger partial charge in [0.05, 0.1) is 11.3 Å². The summed E-state index contributed by atoms with van der Waals surface area (Å²) in [5.41, 5.74) is 1.84. The van der Waals surface area contributed by atoms with Crippen molar-refractivity contribution in [1.29, 1.82) is 0 Å². The van der Waals surface area contributed by atoms with Gasteiger partial charge in [-0.2, -0.15) is 0 Å². The van der Waals surface area contributed by atoms with Gasteiger partial charge in [0.25, 0.3) is 11.8 Å². The molecule has 1 aliphatic rings. The maximum atomic E-state index is 13.4. The van der Waals surface area contributed by atoms with Crippen LogP contribution in [-0.2, 0) is 9.59 Å². The summed E-state index contributed by atoms with van der Waals surface area (Å²) in [5.74, 6) is -1.40. The van der Waals surface area contributed by atoms with Crippen LogP contribution in [0.25, 0.3) is 5.57 Å². The molecule has 0 bridgehead atoms. The number of rotatable bonds is 4. The summed E-state index contributed by atoms with van der Waals surface area (Å²) >= 11 is 5.92. The SMILES string of the molecule is O=C1C(Nc2ccccc2)=C(c2ccc(F)cc2)C(=O)N1c1ccc(Cl)cc1. The lowest BCUT2D eigenvalue weighted by atomic mass is 10.0. The van der Waals surface area contributed by atoms with E-state index in [-0.39, 0.29) is 11.3 Å². The first-order chi connectivity index (χ1) is 13.5. The second kappa shape index (κ2) is 7.29. The van der Waals surface area contributed by atoms with Gasteiger partial charge in [-0.05, 0) is 54.1 Å². The summed E-state index contributed by atoms with van der Waals surface area (Å²) in [7, 11) is 0. The first-order valence-electron chi connectivity index (χ1n) is 8.51. The molecule has 0 saturated carbocycles. The number of anilines is 2. The van der Waals surface area contributed by atoms with Crippen LogP contribution in [0.15, 0.2) is 84.6 Å². The highest BCUT2D eigenvalue weighted by molar-refractivity contribution is 6.46. The Kier molecular flexibility index (Phi) is 4.67. The summed E-state index contributed by atoms with van der Waals surface area (Å²) < 4.78 is 13.4. The van der Waals surface area contributed by atoms with Crippen molar-refractivity contribution < 1.29 is 14.0 Å². The molecule has 4 rings (SSSR count). The fourth-order valence-electron chi connectivity index (χ4n) is 3.02. The second-order valence-corrected chi connectivity index (χ2v) is 6.61. The van der Waals surface area contributed by atoms with E-state index in [0.717, 1.165) is 4.90 Å². The summed E-state index contributed by atoms with van der Waals surface area (Å²) in [6, 6.07) is 21.0. The molecular weight excluding hydrogens is 379 g/mol. The van der Waals surface area contributed by atoms with Crippen LogP contribution in [0.4, 0.5) is 15.8 Å². The highest BCUT2D eigenvalue weighted by atomic mass is 35.5. The Hall–Kier alpha value is -3.44. The zero-order valence-electron chi connectivity index (χ0n) is 14.5. The number of nitrogens with zero attached hydrogens (tertiary/aromatic N) is 1. The van der Waals surface area contributed by atoms with E-state index < -0.39 is 17.6 Å². The molecule has 0 saturated heterocycles. The Morgan fingerprint density at radius 1 is 0.786 bits per heavy atom. The normalized spacial score (nSPS) is 14.0. The van der Waals surface area contributed by atoms with Crippen molar-refractivity contribution in [2.75, 3.05) is 10.2 Å². The van der Waals surface area contributed by atoms with E-state index in [2.05, 4.69) is 5.32 Å². The molecule has 3 aromatic carbocycles. The predicted molar refractivity (Wildman–Crippen MR) is 107 cm³/mol. The van der Waals surface area contributed by atoms with Gasteiger partial charge in [-0.3, -0.25) is 9.59 Å². The van der Waals surface area contributed by atoms with E-state index in [1.54, 1.807) is 36.4 Å². The van der Waals surface area contributed by atoms with Gasteiger partial charge in [-0.25, -0.2) is 9.29 Å². The molecule has 1 heterocycles. The summed E-state index contributed by atoms with van der Waals surface area (Å²) in [6.45, 7) is 0. The number of imide groups is 1. The first-order valence-corrected chi connectivity index (χ1v) is 8.89. The van der Waals surface area contributed by atoms with Crippen LogP contribution in [0.5, 0.6) is 0 Å². The van der Waals surface area contributed by atoms with E-state index in [1.165, 1.54) is 24.3 Å². The Bertz CT molecular complexity index is 1080. The maximum absolute atomic E-state index is 13.4. The predicted octanol–water partition coefficient (Wildman–Crippen LogP) is 4.88. The lowest BCUT2D eigenvalue weighted by molar-refractivity contribution is -0.120. The van der Waals surface area contributed by atoms with E-state index in [1.807, 2.05) is 18.2 Å². The molecule has 0 spiro atoms. The zero-order chi connectivity index (χ0) is 19.7. The van der Waals surface area contributed by atoms with Crippen LogP contribution < -0.4 is 10.2 Å². The number of hydrogen-bond donors (Lipinski definition) is 1. The average Bonchev–Trinajstić information content (AvgIpc) is 2.94. The fourth-order valence-corrected chi connectivity index (χ4v) is 3.15. The molecule has 4 nitrogen and oxygen atoms in total. The number of carbonyl (C=O) groups is 2. The highest BCUT2D eigenvalue weighted by Crippen LogP contribution is 2.34. The quantitative estimate of drug-likeness (QED) is 0.644. The smallest absolute Gasteiger partial charge is 0.282 e. The van der Waals surface area contributed by atoms with Crippen molar-refractivity contribution in [3.8, 4) is 0 Å². The maximum Gasteiger partial charge on any atom is 0.282 e. The first kappa shape index (κ1) is 17.9. The fraction of sp³-hybridized carbons (Fsp3) is 0. The van der Waals surface area contributed by atoms with Crippen LogP contribution in [0.3, 0.4) is 0 Å². The molecule has 0 radical (unpaired) electrons. The third-order valence-corrected chi connectivity index (χ3v) is 4.60. The number of para-hydroxylation sites is 1. The van der Waals surface area contributed by atoms with Gasteiger partial charge < -0.3 is 5.32 Å². The van der Waals surface area contributed by atoms with Gasteiger partial charge in [0.15, 0.2) is 0 Å². The summed E-state index contributed by atoms with van der Waals surface area (Å²) in [5, 5.41) is 3.54. The van der Waals surface area contributed by atoms with Crippen LogP contribution in [-0.4, -0.2) is 11.8 Å². The molecule has 0 fully saturated rings. The van der Waals surface area contributed by atoms with Gasteiger partial charge in [0.2, 0.25) is 0 Å². The van der Waals surface area contributed by atoms with Crippen molar-refractivity contribution in [1.82, 2.24) is 0 Å². The largest absolute Gasteiger partial charge is 0.350 e. The van der Waals surface area contributed by atoms with Gasteiger partial charge >= 0.3 is 0 Å². The number of hydrogen-bond acceptors (Lipinski definition) is 3. The molecule has 2 amide bonds. The number of nitrogens with one attached hydrogen (secondary N) is 1. The number of amides is 2. The lowest BCUT2D eigenvalue weighted by Gasteiger charge is -2.15. The minimum Gasteiger partial charge on any atom is -0.350 e. The molecule has 0 aromatic heterocycles. The van der Waals surface area contributed by atoms with E-state index >= 15 is 0 Å².